The Labute approximate surface area is 105 Å². The average Bonchev–Trinajstić information content (AvgIpc) is 2.28. The molecule has 0 saturated heterocycles. The number of aromatic carboxylic acids is 1. The maximum atomic E-state index is 11.9. The molecule has 0 aromatic heterocycles. The van der Waals surface area contributed by atoms with Crippen LogP contribution in [0.15, 0.2) is 18.2 Å². The summed E-state index contributed by atoms with van der Waals surface area (Å²) in [6.07, 6.45) is 0.742. The molecule has 5 nitrogen and oxygen atoms in total. The number of carbonyl (C=O) groups excluding carboxylic acids is 1. The van der Waals surface area contributed by atoms with E-state index in [2.05, 4.69) is 24.5 Å². The second-order valence-electron chi connectivity index (χ2n) is 4.88. The van der Waals surface area contributed by atoms with E-state index in [0.29, 0.717) is 11.6 Å². The van der Waals surface area contributed by atoms with E-state index in [1.807, 2.05) is 0 Å². The number of nitrogens with one attached hydrogen (secondary N) is 2. The predicted octanol–water partition coefficient (Wildman–Crippen LogP) is 2.16. The molecule has 1 amide bonds. The second-order valence-corrected chi connectivity index (χ2v) is 4.88. The monoisotopic (exact) mass is 248 g/mol. The van der Waals surface area contributed by atoms with Crippen LogP contribution in [0.3, 0.4) is 0 Å². The molecule has 1 aliphatic heterocycles. The average molecular weight is 248 g/mol. The summed E-state index contributed by atoms with van der Waals surface area (Å²) in [5.41, 5.74) is 1.46. The van der Waals surface area contributed by atoms with Crippen LogP contribution in [0.25, 0.3) is 0 Å². The molecule has 1 atom stereocenters. The van der Waals surface area contributed by atoms with Crippen molar-refractivity contribution in [1.29, 1.82) is 0 Å². The van der Waals surface area contributed by atoms with Crippen LogP contribution in [-0.4, -0.2) is 23.0 Å². The fraction of sp³-hybridized carbons (Fsp3) is 0.385. The van der Waals surface area contributed by atoms with Gasteiger partial charge in [-0.2, -0.15) is 0 Å². The molecule has 2 rings (SSSR count). The standard InChI is InChI=1S/C13H16N2O3/c1-7(2)5-11-12(16)15-10-6-8(13(17)18)3-4-9(10)14-11/h3-4,6-7,11,14H,5H2,1-2H3,(H,15,16)(H,17,18). The maximum absolute atomic E-state index is 11.9. The van der Waals surface area contributed by atoms with Crippen LogP contribution >= 0.6 is 0 Å². The first kappa shape index (κ1) is 12.4. The van der Waals surface area contributed by atoms with Gasteiger partial charge in [-0.25, -0.2) is 4.79 Å². The van der Waals surface area contributed by atoms with Crippen LogP contribution in [0.1, 0.15) is 30.6 Å². The summed E-state index contributed by atoms with van der Waals surface area (Å²) >= 11 is 0. The molecule has 0 bridgehead atoms. The molecule has 0 spiro atoms. The minimum absolute atomic E-state index is 0.112. The van der Waals surface area contributed by atoms with Crippen molar-refractivity contribution in [3.63, 3.8) is 0 Å². The van der Waals surface area contributed by atoms with Gasteiger partial charge in [0.1, 0.15) is 6.04 Å². The topological polar surface area (TPSA) is 78.4 Å². The van der Waals surface area contributed by atoms with Gasteiger partial charge in [-0.15, -0.1) is 0 Å². The summed E-state index contributed by atoms with van der Waals surface area (Å²) in [7, 11) is 0. The Balaban J connectivity index is 2.25. The molecule has 96 valence electrons. The number of carboxylic acid groups (broad SMARTS) is 1. The molecule has 1 aromatic carbocycles. The van der Waals surface area contributed by atoms with Gasteiger partial charge in [0.05, 0.1) is 16.9 Å². The van der Waals surface area contributed by atoms with Gasteiger partial charge in [0, 0.05) is 0 Å². The highest BCUT2D eigenvalue weighted by Gasteiger charge is 2.26. The van der Waals surface area contributed by atoms with Crippen molar-refractivity contribution in [1.82, 2.24) is 0 Å². The third-order valence-corrected chi connectivity index (χ3v) is 2.88. The maximum Gasteiger partial charge on any atom is 0.335 e. The van der Waals surface area contributed by atoms with Crippen molar-refractivity contribution in [3.05, 3.63) is 23.8 Å². The molecular formula is C13H16N2O3. The minimum Gasteiger partial charge on any atom is -0.478 e. The second kappa shape index (κ2) is 4.68. The van der Waals surface area contributed by atoms with Gasteiger partial charge in [-0.1, -0.05) is 13.8 Å². The lowest BCUT2D eigenvalue weighted by atomic mass is 10.00. The summed E-state index contributed by atoms with van der Waals surface area (Å²) < 4.78 is 0. The van der Waals surface area contributed by atoms with E-state index in [-0.39, 0.29) is 17.5 Å². The van der Waals surface area contributed by atoms with Crippen molar-refractivity contribution in [2.45, 2.75) is 26.3 Å². The number of hydrogen-bond donors (Lipinski definition) is 3. The van der Waals surface area contributed by atoms with Crippen LogP contribution < -0.4 is 10.6 Å². The quantitative estimate of drug-likeness (QED) is 0.766. The molecule has 1 aromatic rings. The zero-order valence-electron chi connectivity index (χ0n) is 10.4. The Bertz CT molecular complexity index is 497. The lowest BCUT2D eigenvalue weighted by molar-refractivity contribution is -0.117. The van der Waals surface area contributed by atoms with E-state index >= 15 is 0 Å². The fourth-order valence-electron chi connectivity index (χ4n) is 2.02. The highest BCUT2D eigenvalue weighted by Crippen LogP contribution is 2.29. The number of rotatable bonds is 3. The number of anilines is 2. The van der Waals surface area contributed by atoms with Crippen LogP contribution in [0.4, 0.5) is 11.4 Å². The van der Waals surface area contributed by atoms with E-state index < -0.39 is 5.97 Å². The van der Waals surface area contributed by atoms with Gasteiger partial charge in [-0.3, -0.25) is 4.79 Å². The van der Waals surface area contributed by atoms with E-state index in [0.717, 1.165) is 12.1 Å². The number of carbonyl (C=O) groups is 2. The molecular weight excluding hydrogens is 232 g/mol. The Morgan fingerprint density at radius 2 is 2.11 bits per heavy atom. The molecule has 3 N–H and O–H groups in total. The SMILES string of the molecule is CC(C)CC1Nc2ccc(C(=O)O)cc2NC1=O. The van der Waals surface area contributed by atoms with Crippen molar-refractivity contribution in [2.75, 3.05) is 10.6 Å². The minimum atomic E-state index is -1.00. The fourth-order valence-corrected chi connectivity index (χ4v) is 2.02. The predicted molar refractivity (Wildman–Crippen MR) is 68.9 cm³/mol. The van der Waals surface area contributed by atoms with E-state index in [1.165, 1.54) is 12.1 Å². The largest absolute Gasteiger partial charge is 0.478 e. The summed E-state index contributed by atoms with van der Waals surface area (Å²) in [6, 6.07) is 4.42. The van der Waals surface area contributed by atoms with Gasteiger partial charge < -0.3 is 15.7 Å². The first-order valence-corrected chi connectivity index (χ1v) is 5.92. The third-order valence-electron chi connectivity index (χ3n) is 2.88. The Kier molecular flexibility index (Phi) is 3.23. The molecule has 1 aliphatic rings. The van der Waals surface area contributed by atoms with Crippen molar-refractivity contribution in [3.8, 4) is 0 Å². The number of benzene rings is 1. The lowest BCUT2D eigenvalue weighted by Crippen LogP contribution is -2.39. The zero-order valence-corrected chi connectivity index (χ0v) is 10.4. The van der Waals surface area contributed by atoms with Crippen LogP contribution in [-0.2, 0) is 4.79 Å². The van der Waals surface area contributed by atoms with Gasteiger partial charge >= 0.3 is 5.97 Å². The lowest BCUT2D eigenvalue weighted by Gasteiger charge is -2.28. The van der Waals surface area contributed by atoms with Gasteiger partial charge in [0.25, 0.3) is 0 Å². The van der Waals surface area contributed by atoms with Crippen molar-refractivity contribution < 1.29 is 14.7 Å². The highest BCUT2D eigenvalue weighted by molar-refractivity contribution is 6.04. The van der Waals surface area contributed by atoms with E-state index in [4.69, 9.17) is 5.11 Å². The first-order chi connectivity index (χ1) is 8.47. The number of fused-ring (bicyclic) bond motifs is 1. The molecule has 1 heterocycles. The van der Waals surface area contributed by atoms with Crippen molar-refractivity contribution in [2.24, 2.45) is 5.92 Å². The summed E-state index contributed by atoms with van der Waals surface area (Å²) in [4.78, 5) is 22.7. The molecule has 5 heteroatoms. The molecule has 0 saturated carbocycles. The Hall–Kier alpha value is -2.04. The first-order valence-electron chi connectivity index (χ1n) is 5.92. The van der Waals surface area contributed by atoms with Gasteiger partial charge in [0.2, 0.25) is 5.91 Å². The van der Waals surface area contributed by atoms with Gasteiger partial charge in [-0.05, 0) is 30.5 Å². The van der Waals surface area contributed by atoms with Gasteiger partial charge in [0.15, 0.2) is 0 Å². The van der Waals surface area contributed by atoms with Crippen LogP contribution in [0.5, 0.6) is 0 Å². The summed E-state index contributed by atoms with van der Waals surface area (Å²) in [6.45, 7) is 4.11. The summed E-state index contributed by atoms with van der Waals surface area (Å²) in [5.74, 6) is -0.705. The zero-order chi connectivity index (χ0) is 13.3. The van der Waals surface area contributed by atoms with E-state index in [1.54, 1.807) is 6.07 Å². The summed E-state index contributed by atoms with van der Waals surface area (Å²) in [5, 5.41) is 14.8. The third kappa shape index (κ3) is 2.45. The van der Waals surface area contributed by atoms with E-state index in [9.17, 15) is 9.59 Å². The Morgan fingerprint density at radius 3 is 2.72 bits per heavy atom. The molecule has 1 unspecified atom stereocenters. The number of carboxylic acids is 1. The number of hydrogen-bond acceptors (Lipinski definition) is 3. The highest BCUT2D eigenvalue weighted by atomic mass is 16.4. The molecule has 0 fully saturated rings. The van der Waals surface area contributed by atoms with Crippen LogP contribution in [0.2, 0.25) is 0 Å². The molecule has 0 aliphatic carbocycles. The molecule has 0 radical (unpaired) electrons. The van der Waals surface area contributed by atoms with Crippen molar-refractivity contribution >= 4 is 23.3 Å². The van der Waals surface area contributed by atoms with Crippen LogP contribution in [0, 0.1) is 5.92 Å². The smallest absolute Gasteiger partial charge is 0.335 e. The number of amides is 1. The normalized spacial score (nSPS) is 17.9. The molecule has 18 heavy (non-hydrogen) atoms. The Morgan fingerprint density at radius 1 is 1.39 bits per heavy atom.